The number of pyridine rings is 1. The van der Waals surface area contributed by atoms with E-state index in [1.165, 1.54) is 6.92 Å². The normalized spacial score (nSPS) is 11.7. The third-order valence-electron chi connectivity index (χ3n) is 3.49. The van der Waals surface area contributed by atoms with Crippen molar-refractivity contribution in [3.05, 3.63) is 48.3 Å². The topological polar surface area (TPSA) is 57.0 Å². The van der Waals surface area contributed by atoms with Gasteiger partial charge >= 0.3 is 11.9 Å². The smallest absolute Gasteiger partial charge is 0.359 e. The van der Waals surface area contributed by atoms with E-state index in [9.17, 15) is 9.59 Å². The van der Waals surface area contributed by atoms with Gasteiger partial charge in [-0.15, -0.1) is 0 Å². The first-order valence-electron chi connectivity index (χ1n) is 7.71. The molecule has 0 saturated carbocycles. The van der Waals surface area contributed by atoms with Gasteiger partial charge in [-0.3, -0.25) is 4.79 Å². The van der Waals surface area contributed by atoms with Crippen LogP contribution in [0.5, 0.6) is 5.75 Å². The summed E-state index contributed by atoms with van der Waals surface area (Å²) in [5.41, 5.74) is 0.345. The number of rotatable bonds is 2. The second kappa shape index (κ2) is 5.67. The molecule has 0 saturated heterocycles. The van der Waals surface area contributed by atoms with E-state index in [1.807, 2.05) is 30.3 Å². The van der Waals surface area contributed by atoms with Crippen LogP contribution in [-0.2, 0) is 9.53 Å². The molecule has 1 aromatic carbocycles. The zero-order chi connectivity index (χ0) is 17.5. The van der Waals surface area contributed by atoms with E-state index in [0.29, 0.717) is 0 Å². The van der Waals surface area contributed by atoms with Gasteiger partial charge in [0.25, 0.3) is 0 Å². The molecular formula is C19H19NO4. The van der Waals surface area contributed by atoms with E-state index >= 15 is 0 Å². The first-order chi connectivity index (χ1) is 11.3. The number of nitrogens with zero attached hydrogens (tertiary/aromatic N) is 1. The van der Waals surface area contributed by atoms with Crippen molar-refractivity contribution >= 4 is 28.2 Å². The van der Waals surface area contributed by atoms with E-state index < -0.39 is 17.5 Å². The lowest BCUT2D eigenvalue weighted by atomic mass is 10.1. The average Bonchev–Trinajstić information content (AvgIpc) is 2.83. The molecule has 0 aliphatic heterocycles. The maximum Gasteiger partial charge on any atom is 0.359 e. The lowest BCUT2D eigenvalue weighted by molar-refractivity contribution is -0.131. The summed E-state index contributed by atoms with van der Waals surface area (Å²) in [7, 11) is 0. The highest BCUT2D eigenvalue weighted by molar-refractivity contribution is 6.01. The molecule has 3 aromatic rings. The number of carbonyl (C=O) groups is 2. The summed E-state index contributed by atoms with van der Waals surface area (Å²) >= 11 is 0. The summed E-state index contributed by atoms with van der Waals surface area (Å²) in [5, 5.41) is 2.00. The maximum absolute atomic E-state index is 12.6. The fourth-order valence-corrected chi connectivity index (χ4v) is 2.65. The Morgan fingerprint density at radius 2 is 1.79 bits per heavy atom. The van der Waals surface area contributed by atoms with Crippen LogP contribution in [0.1, 0.15) is 38.2 Å². The Balaban J connectivity index is 2.26. The monoisotopic (exact) mass is 325 g/mol. The van der Waals surface area contributed by atoms with E-state index in [-0.39, 0.29) is 11.4 Å². The highest BCUT2D eigenvalue weighted by Gasteiger charge is 2.26. The minimum absolute atomic E-state index is 0.202. The van der Waals surface area contributed by atoms with Crippen molar-refractivity contribution in [1.82, 2.24) is 4.40 Å². The molecule has 0 bridgehead atoms. The van der Waals surface area contributed by atoms with Gasteiger partial charge in [0.1, 0.15) is 5.60 Å². The van der Waals surface area contributed by atoms with E-state index in [4.69, 9.17) is 9.47 Å². The number of ether oxygens (including phenoxy) is 2. The number of fused-ring (bicyclic) bond motifs is 3. The Bertz CT molecular complexity index is 947. The van der Waals surface area contributed by atoms with Gasteiger partial charge in [0, 0.05) is 24.6 Å². The molecule has 5 heteroatoms. The molecule has 0 unspecified atom stereocenters. The van der Waals surface area contributed by atoms with Gasteiger partial charge in [0.05, 0.1) is 5.52 Å². The van der Waals surface area contributed by atoms with Crippen molar-refractivity contribution < 1.29 is 19.1 Å². The number of carbonyl (C=O) groups excluding carboxylic acids is 2. The van der Waals surface area contributed by atoms with E-state index in [2.05, 4.69) is 0 Å². The molecule has 3 rings (SSSR count). The SMILES string of the molecule is CC(=O)Oc1cc2c3ccccc3ccn2c1C(=O)OC(C)(C)C. The zero-order valence-electron chi connectivity index (χ0n) is 14.1. The summed E-state index contributed by atoms with van der Waals surface area (Å²) in [6, 6.07) is 11.4. The molecule has 124 valence electrons. The van der Waals surface area contributed by atoms with Crippen LogP contribution in [0.15, 0.2) is 42.6 Å². The first kappa shape index (κ1) is 16.1. The Morgan fingerprint density at radius 3 is 2.46 bits per heavy atom. The molecule has 0 radical (unpaired) electrons. The van der Waals surface area contributed by atoms with Gasteiger partial charge in [-0.25, -0.2) is 4.79 Å². The average molecular weight is 325 g/mol. The Hall–Kier alpha value is -2.82. The van der Waals surface area contributed by atoms with Gasteiger partial charge in [-0.2, -0.15) is 0 Å². The van der Waals surface area contributed by atoms with Crippen LogP contribution < -0.4 is 4.74 Å². The Morgan fingerprint density at radius 1 is 1.08 bits per heavy atom. The molecule has 0 amide bonds. The Labute approximate surface area is 139 Å². The van der Waals surface area contributed by atoms with Crippen molar-refractivity contribution in [1.29, 1.82) is 0 Å². The first-order valence-corrected chi connectivity index (χ1v) is 7.71. The van der Waals surface area contributed by atoms with E-state index in [1.54, 1.807) is 37.4 Å². The standard InChI is InChI=1S/C19H19NO4/c1-12(21)23-16-11-15-14-8-6-5-7-13(14)9-10-20(15)17(16)18(22)24-19(2,3)4/h5-11H,1-4H3. The van der Waals surface area contributed by atoms with E-state index in [0.717, 1.165) is 16.3 Å². The van der Waals surface area contributed by atoms with Crippen molar-refractivity contribution in [2.45, 2.75) is 33.3 Å². The van der Waals surface area contributed by atoms with Gasteiger partial charge < -0.3 is 13.9 Å². The molecule has 24 heavy (non-hydrogen) atoms. The lowest BCUT2D eigenvalue weighted by Gasteiger charge is -2.19. The molecule has 0 spiro atoms. The van der Waals surface area contributed by atoms with Crippen LogP contribution in [0.3, 0.4) is 0 Å². The third-order valence-corrected chi connectivity index (χ3v) is 3.49. The second-order valence-corrected chi connectivity index (χ2v) is 6.61. The minimum Gasteiger partial charge on any atom is -0.455 e. The molecule has 0 aliphatic rings. The summed E-state index contributed by atoms with van der Waals surface area (Å²) in [6.45, 7) is 6.68. The summed E-state index contributed by atoms with van der Waals surface area (Å²) in [4.78, 5) is 24.1. The zero-order valence-corrected chi connectivity index (χ0v) is 14.1. The summed E-state index contributed by atoms with van der Waals surface area (Å²) in [5.74, 6) is -0.817. The molecule has 2 heterocycles. The predicted octanol–water partition coefficient (Wildman–Crippen LogP) is 3.97. The fourth-order valence-electron chi connectivity index (χ4n) is 2.65. The van der Waals surface area contributed by atoms with Crippen LogP contribution in [-0.4, -0.2) is 21.9 Å². The van der Waals surface area contributed by atoms with Crippen molar-refractivity contribution in [2.24, 2.45) is 0 Å². The van der Waals surface area contributed by atoms with Gasteiger partial charge in [-0.1, -0.05) is 24.3 Å². The molecule has 0 fully saturated rings. The number of esters is 2. The van der Waals surface area contributed by atoms with Crippen LogP contribution in [0.2, 0.25) is 0 Å². The number of benzene rings is 1. The molecule has 2 aromatic heterocycles. The minimum atomic E-state index is -0.647. The highest BCUT2D eigenvalue weighted by atomic mass is 16.6. The quantitative estimate of drug-likeness (QED) is 0.669. The highest BCUT2D eigenvalue weighted by Crippen LogP contribution is 2.31. The van der Waals surface area contributed by atoms with Crippen LogP contribution in [0.4, 0.5) is 0 Å². The van der Waals surface area contributed by atoms with Crippen molar-refractivity contribution in [3.8, 4) is 5.75 Å². The molecular weight excluding hydrogens is 306 g/mol. The van der Waals surface area contributed by atoms with Gasteiger partial charge in [0.2, 0.25) is 0 Å². The van der Waals surface area contributed by atoms with Gasteiger partial charge in [-0.05, 0) is 32.2 Å². The molecule has 0 N–H and O–H groups in total. The van der Waals surface area contributed by atoms with Crippen LogP contribution in [0, 0.1) is 0 Å². The summed E-state index contributed by atoms with van der Waals surface area (Å²) < 4.78 is 12.4. The summed E-state index contributed by atoms with van der Waals surface area (Å²) in [6.07, 6.45) is 1.78. The maximum atomic E-state index is 12.6. The number of hydrogen-bond acceptors (Lipinski definition) is 4. The number of hydrogen-bond donors (Lipinski definition) is 0. The predicted molar refractivity (Wildman–Crippen MR) is 91.4 cm³/mol. The van der Waals surface area contributed by atoms with Crippen LogP contribution in [0.25, 0.3) is 16.3 Å². The van der Waals surface area contributed by atoms with Crippen molar-refractivity contribution in [3.63, 3.8) is 0 Å². The van der Waals surface area contributed by atoms with Gasteiger partial charge in [0.15, 0.2) is 11.4 Å². The number of aromatic nitrogens is 1. The molecule has 0 aliphatic carbocycles. The second-order valence-electron chi connectivity index (χ2n) is 6.61. The molecule has 0 atom stereocenters. The Kier molecular flexibility index (Phi) is 3.79. The van der Waals surface area contributed by atoms with Crippen LogP contribution >= 0.6 is 0 Å². The third kappa shape index (κ3) is 2.97. The molecule has 5 nitrogen and oxygen atoms in total. The lowest BCUT2D eigenvalue weighted by Crippen LogP contribution is -2.25. The van der Waals surface area contributed by atoms with Crippen molar-refractivity contribution in [2.75, 3.05) is 0 Å². The largest absolute Gasteiger partial charge is 0.455 e. The fraction of sp³-hybridized carbons (Fsp3) is 0.263.